The van der Waals surface area contributed by atoms with Crippen LogP contribution in [0.25, 0.3) is 5.76 Å². The number of aryl methyl sites for hydroxylation is 1. The summed E-state index contributed by atoms with van der Waals surface area (Å²) < 4.78 is 13.0. The molecule has 1 amide bonds. The second-order valence-electron chi connectivity index (χ2n) is 8.10. The fraction of sp³-hybridized carbons (Fsp3) is 0.240. The minimum atomic E-state index is -0.795. The minimum absolute atomic E-state index is 0.00463. The Balaban J connectivity index is 1.53. The van der Waals surface area contributed by atoms with Crippen molar-refractivity contribution in [3.8, 4) is 17.2 Å². The van der Waals surface area contributed by atoms with Gasteiger partial charge in [-0.3, -0.25) is 9.59 Å². The van der Waals surface area contributed by atoms with Crippen LogP contribution >= 0.6 is 0 Å². The van der Waals surface area contributed by atoms with Gasteiger partial charge in [-0.15, -0.1) is 0 Å². The number of ether oxygens (including phenoxy) is 2. The molecule has 3 heterocycles. The molecule has 0 bridgehead atoms. The molecule has 1 saturated heterocycles. The van der Waals surface area contributed by atoms with E-state index in [1.807, 2.05) is 10.8 Å². The molecule has 5 rings (SSSR count). The molecule has 174 valence electrons. The number of carbonyl (C=O) groups excluding carboxylic acids is 2. The number of rotatable bonds is 6. The second kappa shape index (κ2) is 8.93. The topological polar surface area (TPSA) is 114 Å². The minimum Gasteiger partial charge on any atom is -0.508 e. The number of Topliss-reactive ketones (excluding diaryl/α,β-unsaturated/α-hetero) is 1. The van der Waals surface area contributed by atoms with Crippen molar-refractivity contribution < 1.29 is 29.3 Å². The summed E-state index contributed by atoms with van der Waals surface area (Å²) in [6.45, 7) is 1.73. The van der Waals surface area contributed by atoms with E-state index in [9.17, 15) is 19.8 Å². The molecule has 2 aromatic carbocycles. The summed E-state index contributed by atoms with van der Waals surface area (Å²) in [7, 11) is 0. The highest BCUT2D eigenvalue weighted by atomic mass is 16.6. The fourth-order valence-corrected chi connectivity index (χ4v) is 4.30. The predicted molar refractivity (Wildman–Crippen MR) is 121 cm³/mol. The van der Waals surface area contributed by atoms with Crippen LogP contribution in [0.15, 0.2) is 66.8 Å². The van der Waals surface area contributed by atoms with E-state index in [0.717, 1.165) is 0 Å². The van der Waals surface area contributed by atoms with Gasteiger partial charge >= 0.3 is 0 Å². The molecule has 0 aliphatic carbocycles. The third-order valence-corrected chi connectivity index (χ3v) is 5.94. The van der Waals surface area contributed by atoms with E-state index >= 15 is 0 Å². The molecule has 1 aromatic heterocycles. The lowest BCUT2D eigenvalue weighted by Crippen LogP contribution is -2.31. The maximum Gasteiger partial charge on any atom is 0.295 e. The van der Waals surface area contributed by atoms with Gasteiger partial charge in [0, 0.05) is 31.0 Å². The van der Waals surface area contributed by atoms with Crippen LogP contribution in [0.1, 0.15) is 23.6 Å². The maximum absolute atomic E-state index is 13.1. The van der Waals surface area contributed by atoms with Crippen LogP contribution in [0.2, 0.25) is 0 Å². The molecule has 3 aromatic rings. The number of benzene rings is 2. The van der Waals surface area contributed by atoms with Crippen LogP contribution in [-0.2, 0) is 16.1 Å². The van der Waals surface area contributed by atoms with Gasteiger partial charge < -0.3 is 29.2 Å². The van der Waals surface area contributed by atoms with E-state index in [1.54, 1.807) is 42.9 Å². The van der Waals surface area contributed by atoms with Gasteiger partial charge in [0.05, 0.1) is 17.9 Å². The van der Waals surface area contributed by atoms with Crippen molar-refractivity contribution in [1.82, 2.24) is 14.5 Å². The van der Waals surface area contributed by atoms with Gasteiger partial charge in [-0.1, -0.05) is 12.1 Å². The van der Waals surface area contributed by atoms with Crippen molar-refractivity contribution in [2.45, 2.75) is 19.0 Å². The summed E-state index contributed by atoms with van der Waals surface area (Å²) in [5, 5.41) is 21.0. The van der Waals surface area contributed by atoms with Crippen molar-refractivity contribution in [2.75, 3.05) is 19.8 Å². The summed E-state index contributed by atoms with van der Waals surface area (Å²) in [4.78, 5) is 31.7. The van der Waals surface area contributed by atoms with Crippen LogP contribution in [0.5, 0.6) is 17.2 Å². The SMILES string of the molecule is O=C1C(=O)N(CCCn2ccnc2)C(c2ccc(O)cc2)C1=C(O)c1ccc2c(c1)OCCO2. The third-order valence-electron chi connectivity index (χ3n) is 5.94. The fourth-order valence-electron chi connectivity index (χ4n) is 4.30. The quantitative estimate of drug-likeness (QED) is 0.330. The molecular weight excluding hydrogens is 438 g/mol. The molecule has 9 heteroatoms. The first-order valence-electron chi connectivity index (χ1n) is 11.0. The lowest BCUT2D eigenvalue weighted by Gasteiger charge is -2.25. The van der Waals surface area contributed by atoms with Crippen LogP contribution < -0.4 is 9.47 Å². The zero-order chi connectivity index (χ0) is 23.7. The number of aromatic nitrogens is 2. The van der Waals surface area contributed by atoms with Crippen LogP contribution in [-0.4, -0.2) is 56.1 Å². The van der Waals surface area contributed by atoms with Crippen LogP contribution in [0.4, 0.5) is 0 Å². The van der Waals surface area contributed by atoms with Crippen molar-refractivity contribution in [2.24, 2.45) is 0 Å². The Morgan fingerprint density at radius 2 is 1.79 bits per heavy atom. The van der Waals surface area contributed by atoms with E-state index in [4.69, 9.17) is 9.47 Å². The number of phenolic OH excluding ortho intramolecular Hbond substituents is 1. The summed E-state index contributed by atoms with van der Waals surface area (Å²) in [5.41, 5.74) is 0.957. The monoisotopic (exact) mass is 461 g/mol. The number of aliphatic hydroxyl groups is 1. The lowest BCUT2D eigenvalue weighted by atomic mass is 9.95. The van der Waals surface area contributed by atoms with Crippen molar-refractivity contribution in [3.63, 3.8) is 0 Å². The van der Waals surface area contributed by atoms with Gasteiger partial charge in [0.25, 0.3) is 11.7 Å². The number of aromatic hydroxyl groups is 1. The van der Waals surface area contributed by atoms with Gasteiger partial charge in [0.2, 0.25) is 0 Å². The molecular formula is C25H23N3O6. The second-order valence-corrected chi connectivity index (χ2v) is 8.10. The zero-order valence-electron chi connectivity index (χ0n) is 18.3. The first-order valence-corrected chi connectivity index (χ1v) is 11.0. The number of imidazole rings is 1. The standard InChI is InChI=1S/C25H23N3O6/c29-18-5-2-16(3-6-18)22-21(23(30)17-4-7-19-20(14-17)34-13-12-33-19)24(31)25(32)28(22)10-1-9-27-11-8-26-15-27/h2-8,11,14-15,22,29-30H,1,9-10,12-13H2. The number of carbonyl (C=O) groups is 2. The number of fused-ring (bicyclic) bond motifs is 1. The molecule has 0 saturated carbocycles. The Kier molecular flexibility index (Phi) is 5.67. The maximum atomic E-state index is 13.1. The van der Waals surface area contributed by atoms with Gasteiger partial charge in [0.15, 0.2) is 11.5 Å². The Bertz CT molecular complexity index is 1250. The molecule has 1 atom stereocenters. The first-order chi connectivity index (χ1) is 16.5. The van der Waals surface area contributed by atoms with E-state index < -0.39 is 17.7 Å². The van der Waals surface area contributed by atoms with Gasteiger partial charge in [-0.25, -0.2) is 4.98 Å². The van der Waals surface area contributed by atoms with Gasteiger partial charge in [0.1, 0.15) is 24.7 Å². The molecule has 2 aliphatic rings. The highest BCUT2D eigenvalue weighted by Gasteiger charge is 2.45. The van der Waals surface area contributed by atoms with E-state index in [0.29, 0.717) is 55.4 Å². The first kappa shape index (κ1) is 21.6. The normalized spacial score (nSPS) is 18.9. The molecule has 1 unspecified atom stereocenters. The Labute approximate surface area is 195 Å². The van der Waals surface area contributed by atoms with Gasteiger partial charge in [-0.05, 0) is 42.3 Å². The van der Waals surface area contributed by atoms with Crippen molar-refractivity contribution >= 4 is 17.4 Å². The van der Waals surface area contributed by atoms with E-state index in [1.165, 1.54) is 17.0 Å². The number of phenols is 1. The van der Waals surface area contributed by atoms with Crippen LogP contribution in [0.3, 0.4) is 0 Å². The Hall–Kier alpha value is -4.27. The van der Waals surface area contributed by atoms with Crippen molar-refractivity contribution in [3.05, 3.63) is 77.9 Å². The highest BCUT2D eigenvalue weighted by molar-refractivity contribution is 6.46. The summed E-state index contributed by atoms with van der Waals surface area (Å²) >= 11 is 0. The van der Waals surface area contributed by atoms with Crippen molar-refractivity contribution in [1.29, 1.82) is 0 Å². The number of hydrogen-bond acceptors (Lipinski definition) is 7. The lowest BCUT2D eigenvalue weighted by molar-refractivity contribution is -0.139. The molecule has 9 nitrogen and oxygen atoms in total. The summed E-state index contributed by atoms with van der Waals surface area (Å²) in [6.07, 6.45) is 5.78. The third kappa shape index (κ3) is 3.96. The number of hydrogen-bond donors (Lipinski definition) is 2. The van der Waals surface area contributed by atoms with E-state index in [-0.39, 0.29) is 17.1 Å². The summed E-state index contributed by atoms with van der Waals surface area (Å²) in [5.74, 6) is -0.641. The molecule has 0 spiro atoms. The molecule has 1 fully saturated rings. The van der Waals surface area contributed by atoms with E-state index in [2.05, 4.69) is 4.98 Å². The highest BCUT2D eigenvalue weighted by Crippen LogP contribution is 2.41. The average molecular weight is 461 g/mol. The number of amides is 1. The molecule has 0 radical (unpaired) electrons. The Morgan fingerprint density at radius 1 is 1.03 bits per heavy atom. The number of likely N-dealkylation sites (tertiary alicyclic amines) is 1. The smallest absolute Gasteiger partial charge is 0.295 e. The molecule has 2 N–H and O–H groups in total. The summed E-state index contributed by atoms with van der Waals surface area (Å²) in [6, 6.07) is 10.4. The zero-order valence-corrected chi connectivity index (χ0v) is 18.3. The molecule has 2 aliphatic heterocycles. The number of aliphatic hydroxyl groups excluding tert-OH is 1. The van der Waals surface area contributed by atoms with Crippen LogP contribution in [0, 0.1) is 0 Å². The number of nitrogens with zero attached hydrogens (tertiary/aromatic N) is 3. The largest absolute Gasteiger partial charge is 0.508 e. The number of ketones is 1. The molecule has 34 heavy (non-hydrogen) atoms. The Morgan fingerprint density at radius 3 is 2.53 bits per heavy atom. The van der Waals surface area contributed by atoms with Gasteiger partial charge in [-0.2, -0.15) is 0 Å². The average Bonchev–Trinajstić information content (AvgIpc) is 3.46. The predicted octanol–water partition coefficient (Wildman–Crippen LogP) is 2.87.